The third-order valence-corrected chi connectivity index (χ3v) is 5.57. The van der Waals surface area contributed by atoms with Crippen LogP contribution in [0.2, 0.25) is 0 Å². The Hall–Kier alpha value is -1.44. The Labute approximate surface area is 148 Å². The van der Waals surface area contributed by atoms with E-state index in [1.54, 1.807) is 11.3 Å². The number of halogens is 1. The summed E-state index contributed by atoms with van der Waals surface area (Å²) in [5.41, 5.74) is 1.98. The first-order chi connectivity index (χ1) is 11.1. The number of carbonyl (C=O) groups is 1. The first-order valence-corrected chi connectivity index (χ1v) is 9.22. The molecule has 122 valence electrons. The largest absolute Gasteiger partial charge is 0.346 e. The fourth-order valence-electron chi connectivity index (χ4n) is 2.54. The standard InChI is InChI=1S/C16H19BrN4OS/c1-12-2-3-13(10-14(12)17)19-15(22)11-20-5-7-21(8-6-20)16-18-4-9-23-16/h2-4,9-10H,5-8,11H2,1H3,(H,19,22). The van der Waals surface area contributed by atoms with Gasteiger partial charge in [0.25, 0.3) is 0 Å². The van der Waals surface area contributed by atoms with Gasteiger partial charge in [0, 0.05) is 47.9 Å². The summed E-state index contributed by atoms with van der Waals surface area (Å²) < 4.78 is 1.01. The van der Waals surface area contributed by atoms with Gasteiger partial charge >= 0.3 is 0 Å². The van der Waals surface area contributed by atoms with Crippen molar-refractivity contribution in [2.24, 2.45) is 0 Å². The van der Waals surface area contributed by atoms with Crippen LogP contribution in [-0.4, -0.2) is 48.5 Å². The number of carbonyl (C=O) groups excluding carboxylic acids is 1. The molecular weight excluding hydrogens is 376 g/mol. The van der Waals surface area contributed by atoms with E-state index in [1.807, 2.05) is 36.7 Å². The number of nitrogens with one attached hydrogen (secondary N) is 1. The molecule has 2 heterocycles. The highest BCUT2D eigenvalue weighted by Crippen LogP contribution is 2.21. The van der Waals surface area contributed by atoms with Gasteiger partial charge < -0.3 is 10.2 Å². The number of aryl methyl sites for hydroxylation is 1. The Morgan fingerprint density at radius 1 is 1.35 bits per heavy atom. The number of nitrogens with zero attached hydrogens (tertiary/aromatic N) is 3. The molecule has 0 radical (unpaired) electrons. The number of benzene rings is 1. The van der Waals surface area contributed by atoms with Crippen LogP contribution in [0.3, 0.4) is 0 Å². The summed E-state index contributed by atoms with van der Waals surface area (Å²) in [5.74, 6) is 0.0310. The van der Waals surface area contributed by atoms with Crippen LogP contribution in [0.15, 0.2) is 34.2 Å². The number of anilines is 2. The lowest BCUT2D eigenvalue weighted by molar-refractivity contribution is -0.117. The molecule has 1 aliphatic rings. The molecule has 0 aliphatic carbocycles. The summed E-state index contributed by atoms with van der Waals surface area (Å²) in [5, 5.41) is 6.02. The molecule has 1 aromatic carbocycles. The SMILES string of the molecule is Cc1ccc(NC(=O)CN2CCN(c3nccs3)CC2)cc1Br. The highest BCUT2D eigenvalue weighted by Gasteiger charge is 2.20. The molecule has 1 aliphatic heterocycles. The van der Waals surface area contributed by atoms with Crippen LogP contribution in [0.1, 0.15) is 5.56 Å². The molecule has 0 atom stereocenters. The predicted molar refractivity (Wildman–Crippen MR) is 98.3 cm³/mol. The Balaban J connectivity index is 1.48. The van der Waals surface area contributed by atoms with Crippen molar-refractivity contribution in [3.05, 3.63) is 39.8 Å². The van der Waals surface area contributed by atoms with E-state index >= 15 is 0 Å². The molecule has 1 amide bonds. The minimum absolute atomic E-state index is 0.0310. The highest BCUT2D eigenvalue weighted by atomic mass is 79.9. The van der Waals surface area contributed by atoms with Crippen LogP contribution in [0, 0.1) is 6.92 Å². The van der Waals surface area contributed by atoms with Crippen LogP contribution in [0.5, 0.6) is 0 Å². The molecule has 23 heavy (non-hydrogen) atoms. The van der Waals surface area contributed by atoms with Crippen molar-refractivity contribution < 1.29 is 4.79 Å². The average molecular weight is 395 g/mol. The predicted octanol–water partition coefficient (Wildman–Crippen LogP) is 2.97. The van der Waals surface area contributed by atoms with Gasteiger partial charge in [0.2, 0.25) is 5.91 Å². The molecule has 5 nitrogen and oxygen atoms in total. The maximum Gasteiger partial charge on any atom is 0.238 e. The van der Waals surface area contributed by atoms with Gasteiger partial charge in [0.05, 0.1) is 6.54 Å². The number of rotatable bonds is 4. The van der Waals surface area contributed by atoms with Crippen molar-refractivity contribution in [3.63, 3.8) is 0 Å². The molecule has 3 rings (SSSR count). The van der Waals surface area contributed by atoms with Gasteiger partial charge in [-0.2, -0.15) is 0 Å². The molecule has 1 N–H and O–H groups in total. The Morgan fingerprint density at radius 3 is 2.78 bits per heavy atom. The van der Waals surface area contributed by atoms with Gasteiger partial charge in [-0.3, -0.25) is 9.69 Å². The first-order valence-electron chi connectivity index (χ1n) is 7.54. The fraction of sp³-hybridized carbons (Fsp3) is 0.375. The van der Waals surface area contributed by atoms with E-state index in [0.717, 1.165) is 47.0 Å². The van der Waals surface area contributed by atoms with Gasteiger partial charge in [-0.15, -0.1) is 11.3 Å². The first kappa shape index (κ1) is 16.4. The van der Waals surface area contributed by atoms with Crippen molar-refractivity contribution in [1.29, 1.82) is 0 Å². The third-order valence-electron chi connectivity index (χ3n) is 3.88. The van der Waals surface area contributed by atoms with E-state index in [-0.39, 0.29) is 5.91 Å². The average Bonchev–Trinajstić information content (AvgIpc) is 3.06. The molecule has 2 aromatic rings. The zero-order valence-corrected chi connectivity index (χ0v) is 15.4. The third kappa shape index (κ3) is 4.31. The summed E-state index contributed by atoms with van der Waals surface area (Å²) in [6.45, 7) is 6.04. The maximum absolute atomic E-state index is 12.2. The van der Waals surface area contributed by atoms with Crippen molar-refractivity contribution in [1.82, 2.24) is 9.88 Å². The molecule has 1 aromatic heterocycles. The number of hydrogen-bond donors (Lipinski definition) is 1. The summed E-state index contributed by atoms with van der Waals surface area (Å²) in [4.78, 5) is 21.0. The van der Waals surface area contributed by atoms with Crippen LogP contribution < -0.4 is 10.2 Å². The van der Waals surface area contributed by atoms with Gasteiger partial charge in [-0.05, 0) is 24.6 Å². The molecular formula is C16H19BrN4OS. The Bertz CT molecular complexity index is 669. The van der Waals surface area contributed by atoms with Crippen LogP contribution in [0.25, 0.3) is 0 Å². The summed E-state index contributed by atoms with van der Waals surface area (Å²) >= 11 is 5.15. The second-order valence-corrected chi connectivity index (χ2v) is 7.32. The van der Waals surface area contributed by atoms with Crippen molar-refractivity contribution >= 4 is 44.0 Å². The van der Waals surface area contributed by atoms with Gasteiger partial charge in [-0.1, -0.05) is 22.0 Å². The van der Waals surface area contributed by atoms with Crippen LogP contribution in [-0.2, 0) is 4.79 Å². The minimum atomic E-state index is 0.0310. The lowest BCUT2D eigenvalue weighted by Crippen LogP contribution is -2.48. The van der Waals surface area contributed by atoms with Crippen LogP contribution in [0.4, 0.5) is 10.8 Å². The lowest BCUT2D eigenvalue weighted by Gasteiger charge is -2.34. The smallest absolute Gasteiger partial charge is 0.238 e. The molecule has 0 spiro atoms. The van der Waals surface area contributed by atoms with E-state index in [0.29, 0.717) is 6.54 Å². The molecule has 0 bridgehead atoms. The fourth-order valence-corrected chi connectivity index (χ4v) is 3.62. The molecule has 0 unspecified atom stereocenters. The zero-order chi connectivity index (χ0) is 16.2. The minimum Gasteiger partial charge on any atom is -0.346 e. The van der Waals surface area contributed by atoms with Gasteiger partial charge in [0.1, 0.15) is 0 Å². The molecule has 7 heteroatoms. The van der Waals surface area contributed by atoms with E-state index < -0.39 is 0 Å². The molecule has 1 saturated heterocycles. The second kappa shape index (κ2) is 7.42. The van der Waals surface area contributed by atoms with Gasteiger partial charge in [0.15, 0.2) is 5.13 Å². The topological polar surface area (TPSA) is 48.5 Å². The molecule has 1 fully saturated rings. The Morgan fingerprint density at radius 2 is 2.13 bits per heavy atom. The summed E-state index contributed by atoms with van der Waals surface area (Å²) in [6.07, 6.45) is 1.83. The quantitative estimate of drug-likeness (QED) is 0.865. The monoisotopic (exact) mass is 394 g/mol. The zero-order valence-electron chi connectivity index (χ0n) is 13.0. The number of hydrogen-bond acceptors (Lipinski definition) is 5. The number of amides is 1. The van der Waals surface area contributed by atoms with Gasteiger partial charge in [-0.25, -0.2) is 4.98 Å². The van der Waals surface area contributed by atoms with E-state index in [9.17, 15) is 4.79 Å². The summed E-state index contributed by atoms with van der Waals surface area (Å²) in [7, 11) is 0. The Kier molecular flexibility index (Phi) is 5.30. The lowest BCUT2D eigenvalue weighted by atomic mass is 10.2. The van der Waals surface area contributed by atoms with E-state index in [2.05, 4.69) is 36.0 Å². The number of aromatic nitrogens is 1. The number of piperazine rings is 1. The number of thiazole rings is 1. The van der Waals surface area contributed by atoms with Crippen LogP contribution >= 0.6 is 27.3 Å². The second-order valence-electron chi connectivity index (χ2n) is 5.59. The van der Waals surface area contributed by atoms with Crippen molar-refractivity contribution in [2.75, 3.05) is 42.9 Å². The normalized spacial score (nSPS) is 15.7. The van der Waals surface area contributed by atoms with E-state index in [4.69, 9.17) is 0 Å². The highest BCUT2D eigenvalue weighted by molar-refractivity contribution is 9.10. The maximum atomic E-state index is 12.2. The van der Waals surface area contributed by atoms with E-state index in [1.165, 1.54) is 0 Å². The van der Waals surface area contributed by atoms with Crippen molar-refractivity contribution in [2.45, 2.75) is 6.92 Å². The van der Waals surface area contributed by atoms with Crippen molar-refractivity contribution in [3.8, 4) is 0 Å². The molecule has 0 saturated carbocycles. The summed E-state index contributed by atoms with van der Waals surface area (Å²) in [6, 6.07) is 5.86.